The van der Waals surface area contributed by atoms with Crippen LogP contribution in [0.3, 0.4) is 0 Å². The minimum Gasteiger partial charge on any atom is -0.368 e. The van der Waals surface area contributed by atoms with Gasteiger partial charge in [-0.1, -0.05) is 25.3 Å². The molecule has 0 amide bonds. The van der Waals surface area contributed by atoms with Crippen LogP contribution in [0.25, 0.3) is 0 Å². The number of ether oxygens (including phenoxy) is 1. The first kappa shape index (κ1) is 13.3. The fourth-order valence-electron chi connectivity index (χ4n) is 3.76. The predicted octanol–water partition coefficient (Wildman–Crippen LogP) is 4.05. The Bertz CT molecular complexity index is 400. The van der Waals surface area contributed by atoms with Gasteiger partial charge in [-0.15, -0.1) is 11.3 Å². The molecule has 2 unspecified atom stereocenters. The molecule has 3 heteroatoms. The maximum atomic E-state index is 12.2. The number of rotatable bonds is 5. The highest BCUT2D eigenvalue weighted by Gasteiger charge is 2.34. The van der Waals surface area contributed by atoms with Gasteiger partial charge in [0.05, 0.1) is 6.61 Å². The first-order chi connectivity index (χ1) is 9.31. The summed E-state index contributed by atoms with van der Waals surface area (Å²) in [7, 11) is 0. The van der Waals surface area contributed by atoms with Gasteiger partial charge in [-0.25, -0.2) is 0 Å². The molecule has 1 heterocycles. The summed E-state index contributed by atoms with van der Waals surface area (Å²) >= 11 is 1.69. The van der Waals surface area contributed by atoms with Crippen molar-refractivity contribution in [3.8, 4) is 0 Å². The molecule has 2 aliphatic carbocycles. The zero-order chi connectivity index (χ0) is 13.1. The lowest BCUT2D eigenvalue weighted by Crippen LogP contribution is -2.32. The van der Waals surface area contributed by atoms with Gasteiger partial charge in [0, 0.05) is 10.8 Å². The van der Waals surface area contributed by atoms with Gasteiger partial charge in [0.15, 0.2) is 5.78 Å². The molecule has 2 bridgehead atoms. The highest BCUT2D eigenvalue weighted by Crippen LogP contribution is 2.42. The van der Waals surface area contributed by atoms with Gasteiger partial charge < -0.3 is 4.74 Å². The average Bonchev–Trinajstić information content (AvgIpc) is 2.91. The molecule has 0 N–H and O–H groups in total. The summed E-state index contributed by atoms with van der Waals surface area (Å²) in [6.07, 6.45) is 7.69. The van der Waals surface area contributed by atoms with Crippen molar-refractivity contribution in [2.45, 2.75) is 45.1 Å². The molecule has 2 saturated carbocycles. The van der Waals surface area contributed by atoms with Crippen LogP contribution in [0.15, 0.2) is 17.5 Å². The van der Waals surface area contributed by atoms with Gasteiger partial charge in [0.2, 0.25) is 0 Å². The van der Waals surface area contributed by atoms with Crippen LogP contribution in [0.1, 0.15) is 43.4 Å². The summed E-state index contributed by atoms with van der Waals surface area (Å²) in [5, 5.41) is 2.04. The van der Waals surface area contributed by atoms with Crippen LogP contribution < -0.4 is 0 Å². The first-order valence-electron chi connectivity index (χ1n) is 7.44. The van der Waals surface area contributed by atoms with E-state index < -0.39 is 0 Å². The number of hydrogen-bond donors (Lipinski definition) is 0. The summed E-state index contributed by atoms with van der Waals surface area (Å²) in [5.41, 5.74) is 0. The summed E-state index contributed by atoms with van der Waals surface area (Å²) in [6.45, 7) is 0.894. The van der Waals surface area contributed by atoms with Crippen molar-refractivity contribution in [2.75, 3.05) is 6.61 Å². The predicted molar refractivity (Wildman–Crippen MR) is 77.2 cm³/mol. The van der Waals surface area contributed by atoms with E-state index in [9.17, 15) is 4.79 Å². The third-order valence-corrected chi connectivity index (χ3v) is 5.50. The Balaban J connectivity index is 1.45. The van der Waals surface area contributed by atoms with Crippen LogP contribution in [0, 0.1) is 17.8 Å². The summed E-state index contributed by atoms with van der Waals surface area (Å²) in [4.78, 5) is 13.4. The van der Waals surface area contributed by atoms with Crippen molar-refractivity contribution >= 4 is 17.1 Å². The number of hydrogen-bond acceptors (Lipinski definition) is 3. The van der Waals surface area contributed by atoms with Crippen molar-refractivity contribution in [1.82, 2.24) is 0 Å². The van der Waals surface area contributed by atoms with Crippen molar-refractivity contribution < 1.29 is 9.53 Å². The van der Waals surface area contributed by atoms with Crippen molar-refractivity contribution in [1.29, 1.82) is 0 Å². The zero-order valence-electron chi connectivity index (χ0n) is 11.3. The Kier molecular flexibility index (Phi) is 4.34. The SMILES string of the molecule is O=C(COCc1cccs1)C1CC2CCCC(C2)C1. The van der Waals surface area contributed by atoms with Crippen molar-refractivity contribution in [3.63, 3.8) is 0 Å². The highest BCUT2D eigenvalue weighted by molar-refractivity contribution is 7.09. The number of Topliss-reactive ketones (excluding diaryl/α,β-unsaturated/α-hetero) is 1. The summed E-state index contributed by atoms with van der Waals surface area (Å²) < 4.78 is 5.58. The fourth-order valence-corrected chi connectivity index (χ4v) is 4.40. The summed E-state index contributed by atoms with van der Waals surface area (Å²) in [6, 6.07) is 4.08. The molecule has 0 radical (unpaired) electrons. The van der Waals surface area contributed by atoms with Crippen molar-refractivity contribution in [3.05, 3.63) is 22.4 Å². The molecule has 1 aromatic heterocycles. The van der Waals surface area contributed by atoms with Gasteiger partial charge in [0.1, 0.15) is 6.61 Å². The van der Waals surface area contributed by atoms with Gasteiger partial charge in [-0.05, 0) is 42.5 Å². The van der Waals surface area contributed by atoms with Crippen molar-refractivity contribution in [2.24, 2.45) is 17.8 Å². The molecule has 2 atom stereocenters. The van der Waals surface area contributed by atoms with E-state index in [1.807, 2.05) is 11.4 Å². The molecule has 19 heavy (non-hydrogen) atoms. The van der Waals surface area contributed by atoms with E-state index in [1.165, 1.54) is 30.6 Å². The number of carbonyl (C=O) groups excluding carboxylic acids is 1. The molecule has 104 valence electrons. The highest BCUT2D eigenvalue weighted by atomic mass is 32.1. The van der Waals surface area contributed by atoms with E-state index in [-0.39, 0.29) is 5.92 Å². The number of fused-ring (bicyclic) bond motifs is 2. The maximum absolute atomic E-state index is 12.2. The minimum atomic E-state index is 0.285. The van der Waals surface area contributed by atoms with E-state index in [1.54, 1.807) is 11.3 Å². The lowest BCUT2D eigenvalue weighted by molar-refractivity contribution is -0.130. The second-order valence-corrected chi connectivity index (χ2v) is 7.14. The Labute approximate surface area is 119 Å². The van der Waals surface area contributed by atoms with Crippen LogP contribution in [0.5, 0.6) is 0 Å². The molecular formula is C16H22O2S. The van der Waals surface area contributed by atoms with E-state index >= 15 is 0 Å². The standard InChI is InChI=1S/C16H22O2S/c17-16(11-18-10-15-5-2-6-19-15)14-8-12-3-1-4-13(7-12)9-14/h2,5-6,12-14H,1,3-4,7-11H2. The fraction of sp³-hybridized carbons (Fsp3) is 0.688. The Morgan fingerprint density at radius 2 is 2.05 bits per heavy atom. The van der Waals surface area contributed by atoms with Crippen LogP contribution in [-0.4, -0.2) is 12.4 Å². The Hall–Kier alpha value is -0.670. The smallest absolute Gasteiger partial charge is 0.161 e. The second-order valence-electron chi connectivity index (χ2n) is 6.11. The number of ketones is 1. The van der Waals surface area contributed by atoms with Crippen LogP contribution in [0.4, 0.5) is 0 Å². The van der Waals surface area contributed by atoms with Crippen LogP contribution >= 0.6 is 11.3 Å². The topological polar surface area (TPSA) is 26.3 Å². The van der Waals surface area contributed by atoms with E-state index in [2.05, 4.69) is 6.07 Å². The van der Waals surface area contributed by atoms with E-state index in [4.69, 9.17) is 4.74 Å². The average molecular weight is 278 g/mol. The maximum Gasteiger partial charge on any atom is 0.161 e. The molecule has 2 fully saturated rings. The largest absolute Gasteiger partial charge is 0.368 e. The van der Waals surface area contributed by atoms with Crippen LogP contribution in [-0.2, 0) is 16.1 Å². The molecule has 0 spiro atoms. The summed E-state index contributed by atoms with van der Waals surface area (Å²) in [5.74, 6) is 2.26. The Morgan fingerprint density at radius 1 is 1.26 bits per heavy atom. The molecule has 0 aromatic carbocycles. The molecule has 0 aliphatic heterocycles. The molecule has 2 nitrogen and oxygen atoms in total. The minimum absolute atomic E-state index is 0.285. The first-order valence-corrected chi connectivity index (χ1v) is 8.32. The van der Waals surface area contributed by atoms with Gasteiger partial charge in [0.25, 0.3) is 0 Å². The third-order valence-electron chi connectivity index (χ3n) is 4.65. The number of carbonyl (C=O) groups is 1. The molecule has 2 aliphatic rings. The molecular weight excluding hydrogens is 256 g/mol. The molecule has 1 aromatic rings. The molecule has 0 saturated heterocycles. The lowest BCUT2D eigenvalue weighted by Gasteiger charge is -2.38. The van der Waals surface area contributed by atoms with Gasteiger partial charge >= 0.3 is 0 Å². The van der Waals surface area contributed by atoms with E-state index in [0.717, 1.165) is 24.7 Å². The second kappa shape index (κ2) is 6.19. The zero-order valence-corrected chi connectivity index (χ0v) is 12.2. The monoisotopic (exact) mass is 278 g/mol. The number of thiophene rings is 1. The van der Waals surface area contributed by atoms with Crippen LogP contribution in [0.2, 0.25) is 0 Å². The quantitative estimate of drug-likeness (QED) is 0.812. The van der Waals surface area contributed by atoms with Gasteiger partial charge in [-0.3, -0.25) is 4.79 Å². The van der Waals surface area contributed by atoms with E-state index in [0.29, 0.717) is 19.0 Å². The van der Waals surface area contributed by atoms with Gasteiger partial charge in [-0.2, -0.15) is 0 Å². The molecule has 3 rings (SSSR count). The Morgan fingerprint density at radius 3 is 2.74 bits per heavy atom. The third kappa shape index (κ3) is 3.46. The normalized spacial score (nSPS) is 30.2. The lowest BCUT2D eigenvalue weighted by atomic mass is 9.67.